The second-order valence-corrected chi connectivity index (χ2v) is 7.63. The van der Waals surface area contributed by atoms with Crippen molar-refractivity contribution < 1.29 is 9.84 Å². The van der Waals surface area contributed by atoms with Crippen LogP contribution in [-0.4, -0.2) is 27.8 Å². The average molecular weight is 324 g/mol. The fourth-order valence-corrected chi connectivity index (χ4v) is 4.72. The molecule has 0 aromatic carbocycles. The summed E-state index contributed by atoms with van der Waals surface area (Å²) in [6.45, 7) is 5.41. The van der Waals surface area contributed by atoms with Gasteiger partial charge in [0.2, 0.25) is 0 Å². The fraction of sp³-hybridized carbons (Fsp3) is 1.00. The Morgan fingerprint density at radius 3 is 2.73 bits per heavy atom. The van der Waals surface area contributed by atoms with Gasteiger partial charge in [0.1, 0.15) is 0 Å². The summed E-state index contributed by atoms with van der Waals surface area (Å²) in [5, 5.41) is 8.85. The van der Waals surface area contributed by atoms with Crippen LogP contribution in [0.3, 0.4) is 0 Å². The summed E-state index contributed by atoms with van der Waals surface area (Å²) in [6.07, 6.45) is 5.47. The summed E-state index contributed by atoms with van der Waals surface area (Å²) in [5.74, 6) is 0.872. The van der Waals surface area contributed by atoms with Gasteiger partial charge in [-0.15, -0.1) is 0 Å². The average Bonchev–Trinajstić information content (AvgIpc) is 2.37. The maximum atomic E-state index is 8.85. The van der Waals surface area contributed by atoms with Gasteiger partial charge in [0, 0.05) is 8.84 Å². The highest BCUT2D eigenvalue weighted by molar-refractivity contribution is 14.1. The topological polar surface area (TPSA) is 29.5 Å². The van der Waals surface area contributed by atoms with Crippen molar-refractivity contribution >= 4 is 22.6 Å². The van der Waals surface area contributed by atoms with Crippen LogP contribution in [-0.2, 0) is 4.74 Å². The molecule has 3 heteroatoms. The zero-order chi connectivity index (χ0) is 11.1. The van der Waals surface area contributed by atoms with Crippen LogP contribution in [0.5, 0.6) is 0 Å². The van der Waals surface area contributed by atoms with E-state index < -0.39 is 0 Å². The molecule has 4 unspecified atom stereocenters. The molecule has 1 N–H and O–H groups in total. The van der Waals surface area contributed by atoms with E-state index in [1.807, 2.05) is 0 Å². The molecule has 0 aliphatic heterocycles. The third-order valence-corrected chi connectivity index (χ3v) is 6.91. The Labute approximate surface area is 106 Å². The van der Waals surface area contributed by atoms with Crippen LogP contribution in [0.1, 0.15) is 39.5 Å². The quantitative estimate of drug-likeness (QED) is 0.639. The summed E-state index contributed by atoms with van der Waals surface area (Å²) in [6, 6.07) is 0. The molecule has 0 radical (unpaired) electrons. The molecular weight excluding hydrogens is 303 g/mol. The molecule has 4 atom stereocenters. The monoisotopic (exact) mass is 324 g/mol. The Hall–Kier alpha value is 0.650. The number of ether oxygens (including phenoxy) is 1. The molecule has 0 heterocycles. The van der Waals surface area contributed by atoms with Crippen LogP contribution in [0, 0.1) is 11.3 Å². The van der Waals surface area contributed by atoms with Gasteiger partial charge in [-0.1, -0.05) is 29.5 Å². The van der Waals surface area contributed by atoms with Gasteiger partial charge in [-0.05, 0) is 38.5 Å². The largest absolute Gasteiger partial charge is 0.394 e. The number of alkyl halides is 1. The highest BCUT2D eigenvalue weighted by Crippen LogP contribution is 2.62. The highest BCUT2D eigenvalue weighted by Gasteiger charge is 2.59. The zero-order valence-corrected chi connectivity index (χ0v) is 11.8. The predicted molar refractivity (Wildman–Crippen MR) is 69.3 cm³/mol. The second kappa shape index (κ2) is 4.15. The maximum Gasteiger partial charge on any atom is 0.0701 e. The van der Waals surface area contributed by atoms with Crippen LogP contribution in [0.2, 0.25) is 0 Å². The van der Waals surface area contributed by atoms with E-state index in [-0.39, 0.29) is 6.61 Å². The fourth-order valence-electron chi connectivity index (χ4n) is 3.48. The molecule has 2 aliphatic carbocycles. The lowest BCUT2D eigenvalue weighted by atomic mass is 9.67. The molecule has 0 saturated heterocycles. The Morgan fingerprint density at radius 1 is 1.33 bits per heavy atom. The van der Waals surface area contributed by atoms with E-state index in [1.165, 1.54) is 25.7 Å². The SMILES string of the molecule is CC1(I)C2CCC(OCCO)C1(C)CC2. The standard InChI is InChI=1S/C12H21IO2/c1-11-6-5-9(12(11,2)13)3-4-10(11)15-8-7-14/h9-10,14H,3-8H2,1-2H3. The number of hydrogen-bond acceptors (Lipinski definition) is 2. The summed E-state index contributed by atoms with van der Waals surface area (Å²) in [4.78, 5) is 0. The lowest BCUT2D eigenvalue weighted by Gasteiger charge is -2.49. The molecule has 15 heavy (non-hydrogen) atoms. The second-order valence-electron chi connectivity index (χ2n) is 5.39. The van der Waals surface area contributed by atoms with Gasteiger partial charge < -0.3 is 9.84 Å². The van der Waals surface area contributed by atoms with E-state index >= 15 is 0 Å². The van der Waals surface area contributed by atoms with Crippen LogP contribution in [0.25, 0.3) is 0 Å². The Kier molecular flexibility index (Phi) is 3.35. The summed E-state index contributed by atoms with van der Waals surface area (Å²) in [7, 11) is 0. The van der Waals surface area contributed by atoms with Gasteiger partial charge in [-0.25, -0.2) is 0 Å². The molecule has 2 fully saturated rings. The molecule has 0 aromatic rings. The van der Waals surface area contributed by atoms with Crippen molar-refractivity contribution in [2.75, 3.05) is 13.2 Å². The van der Waals surface area contributed by atoms with E-state index in [0.29, 0.717) is 21.5 Å². The molecular formula is C12H21IO2. The Morgan fingerprint density at radius 2 is 2.07 bits per heavy atom. The number of aliphatic hydroxyl groups is 1. The van der Waals surface area contributed by atoms with E-state index in [9.17, 15) is 0 Å². The molecule has 0 aromatic heterocycles. The summed E-state index contributed by atoms with van der Waals surface area (Å²) >= 11 is 2.65. The smallest absolute Gasteiger partial charge is 0.0701 e. The van der Waals surface area contributed by atoms with Gasteiger partial charge in [-0.2, -0.15) is 0 Å². The number of fused-ring (bicyclic) bond motifs is 2. The van der Waals surface area contributed by atoms with Crippen molar-refractivity contribution in [1.82, 2.24) is 0 Å². The molecule has 2 bridgehead atoms. The Balaban J connectivity index is 2.14. The van der Waals surface area contributed by atoms with Gasteiger partial charge in [0.05, 0.1) is 19.3 Å². The minimum absolute atomic E-state index is 0.147. The van der Waals surface area contributed by atoms with Gasteiger partial charge in [0.25, 0.3) is 0 Å². The molecule has 2 rings (SSSR count). The number of rotatable bonds is 3. The predicted octanol–water partition coefficient (Wildman–Crippen LogP) is 2.77. The maximum absolute atomic E-state index is 8.85. The molecule has 2 nitrogen and oxygen atoms in total. The van der Waals surface area contributed by atoms with E-state index in [4.69, 9.17) is 9.84 Å². The van der Waals surface area contributed by atoms with E-state index in [0.717, 1.165) is 5.92 Å². The van der Waals surface area contributed by atoms with Crippen LogP contribution >= 0.6 is 22.6 Å². The van der Waals surface area contributed by atoms with Crippen molar-refractivity contribution in [2.45, 2.75) is 49.1 Å². The first-order chi connectivity index (χ1) is 7.02. The normalized spacial score (nSPS) is 49.6. The van der Waals surface area contributed by atoms with Crippen LogP contribution in [0.15, 0.2) is 0 Å². The van der Waals surface area contributed by atoms with E-state index in [1.54, 1.807) is 0 Å². The first-order valence-corrected chi connectivity index (χ1v) is 7.01. The van der Waals surface area contributed by atoms with Gasteiger partial charge in [-0.3, -0.25) is 0 Å². The lowest BCUT2D eigenvalue weighted by Crippen LogP contribution is -2.51. The third kappa shape index (κ3) is 1.75. The van der Waals surface area contributed by atoms with Crippen LogP contribution < -0.4 is 0 Å². The number of aliphatic hydroxyl groups excluding tert-OH is 1. The zero-order valence-electron chi connectivity index (χ0n) is 9.63. The Bertz CT molecular complexity index is 242. The van der Waals surface area contributed by atoms with Crippen molar-refractivity contribution in [3.63, 3.8) is 0 Å². The van der Waals surface area contributed by atoms with Crippen LogP contribution in [0.4, 0.5) is 0 Å². The molecule has 2 saturated carbocycles. The highest BCUT2D eigenvalue weighted by atomic mass is 127. The molecule has 0 spiro atoms. The minimum Gasteiger partial charge on any atom is -0.394 e. The van der Waals surface area contributed by atoms with Gasteiger partial charge >= 0.3 is 0 Å². The number of halogens is 1. The summed E-state index contributed by atoms with van der Waals surface area (Å²) < 4.78 is 6.22. The number of hydrogen-bond donors (Lipinski definition) is 1. The van der Waals surface area contributed by atoms with Crippen molar-refractivity contribution in [2.24, 2.45) is 11.3 Å². The minimum atomic E-state index is 0.147. The van der Waals surface area contributed by atoms with Crippen molar-refractivity contribution in [3.8, 4) is 0 Å². The van der Waals surface area contributed by atoms with Crippen molar-refractivity contribution in [1.29, 1.82) is 0 Å². The molecule has 88 valence electrons. The molecule has 0 amide bonds. The van der Waals surface area contributed by atoms with Crippen molar-refractivity contribution in [3.05, 3.63) is 0 Å². The van der Waals surface area contributed by atoms with E-state index in [2.05, 4.69) is 36.4 Å². The summed E-state index contributed by atoms with van der Waals surface area (Å²) in [5.41, 5.74) is 0.311. The third-order valence-electron chi connectivity index (χ3n) is 4.79. The lowest BCUT2D eigenvalue weighted by molar-refractivity contribution is -0.0714. The molecule has 2 aliphatic rings. The first-order valence-electron chi connectivity index (χ1n) is 5.94. The van der Waals surface area contributed by atoms with Gasteiger partial charge in [0.15, 0.2) is 0 Å². The first kappa shape index (κ1) is 12.1.